The van der Waals surface area contributed by atoms with Crippen LogP contribution in [0.4, 0.5) is 0 Å². The summed E-state index contributed by atoms with van der Waals surface area (Å²) in [5, 5.41) is 7.60. The van der Waals surface area contributed by atoms with Crippen LogP contribution in [0.1, 0.15) is 5.89 Å². The Hall–Kier alpha value is -1.91. The molecule has 0 saturated carbocycles. The third-order valence-electron chi connectivity index (χ3n) is 1.72. The summed E-state index contributed by atoms with van der Waals surface area (Å²) in [5.41, 5.74) is 0.784. The van der Waals surface area contributed by atoms with Crippen molar-refractivity contribution in [2.75, 3.05) is 7.11 Å². The van der Waals surface area contributed by atoms with Crippen LogP contribution < -0.4 is 4.74 Å². The zero-order valence-electron chi connectivity index (χ0n) is 7.89. The maximum Gasteiger partial charge on any atom is 0.249 e. The van der Waals surface area contributed by atoms with Crippen molar-refractivity contribution in [2.45, 2.75) is 6.92 Å². The molecule has 72 valence electrons. The molecule has 2 rings (SSSR count). The molecule has 0 atom stereocenters. The molecule has 0 radical (unpaired) electrons. The highest BCUT2D eigenvalue weighted by atomic mass is 16.5. The second-order valence-electron chi connectivity index (χ2n) is 2.72. The van der Waals surface area contributed by atoms with Crippen molar-refractivity contribution in [3.05, 3.63) is 24.2 Å². The van der Waals surface area contributed by atoms with Gasteiger partial charge in [-0.15, -0.1) is 10.2 Å². The quantitative estimate of drug-likeness (QED) is 0.718. The highest BCUT2D eigenvalue weighted by Crippen LogP contribution is 2.18. The summed E-state index contributed by atoms with van der Waals surface area (Å²) < 4.78 is 10.2. The van der Waals surface area contributed by atoms with Crippen molar-refractivity contribution >= 4 is 0 Å². The standard InChI is InChI=1S/C9H9N3O2/c1-6-11-12-9(14-6)7-3-4-8(13-2)10-5-7/h3-5H,1-2H3. The topological polar surface area (TPSA) is 61.0 Å². The minimum atomic E-state index is 0.470. The van der Waals surface area contributed by atoms with Crippen molar-refractivity contribution < 1.29 is 9.15 Å². The Kier molecular flexibility index (Phi) is 2.14. The van der Waals surface area contributed by atoms with Gasteiger partial charge >= 0.3 is 0 Å². The summed E-state index contributed by atoms with van der Waals surface area (Å²) in [6.07, 6.45) is 1.63. The molecule has 0 bridgehead atoms. The van der Waals surface area contributed by atoms with Crippen LogP contribution >= 0.6 is 0 Å². The number of rotatable bonds is 2. The SMILES string of the molecule is COc1ccc(-c2nnc(C)o2)cn1. The van der Waals surface area contributed by atoms with Crippen molar-refractivity contribution in [3.8, 4) is 17.3 Å². The van der Waals surface area contributed by atoms with Crippen LogP contribution in [0.25, 0.3) is 11.5 Å². The van der Waals surface area contributed by atoms with Crippen molar-refractivity contribution in [1.29, 1.82) is 0 Å². The highest BCUT2D eigenvalue weighted by molar-refractivity contribution is 5.51. The van der Waals surface area contributed by atoms with Crippen LogP contribution in [0.5, 0.6) is 5.88 Å². The van der Waals surface area contributed by atoms with E-state index in [4.69, 9.17) is 9.15 Å². The zero-order valence-corrected chi connectivity index (χ0v) is 7.89. The van der Waals surface area contributed by atoms with Gasteiger partial charge in [-0.25, -0.2) is 4.98 Å². The van der Waals surface area contributed by atoms with E-state index in [2.05, 4.69) is 15.2 Å². The minimum Gasteiger partial charge on any atom is -0.481 e. The van der Waals surface area contributed by atoms with Gasteiger partial charge in [-0.1, -0.05) is 0 Å². The lowest BCUT2D eigenvalue weighted by atomic mass is 10.3. The molecule has 14 heavy (non-hydrogen) atoms. The third-order valence-corrected chi connectivity index (χ3v) is 1.72. The molecule has 2 heterocycles. The van der Waals surface area contributed by atoms with Crippen LogP contribution in [0, 0.1) is 6.92 Å². The molecule has 5 heteroatoms. The number of nitrogens with zero attached hydrogens (tertiary/aromatic N) is 3. The molecule has 0 aliphatic carbocycles. The van der Waals surface area contributed by atoms with Gasteiger partial charge in [0.25, 0.3) is 0 Å². The Balaban J connectivity index is 2.33. The second-order valence-corrected chi connectivity index (χ2v) is 2.72. The first-order chi connectivity index (χ1) is 6.79. The van der Waals surface area contributed by atoms with Gasteiger partial charge in [-0.2, -0.15) is 0 Å². The van der Waals surface area contributed by atoms with E-state index in [1.54, 1.807) is 26.3 Å². The van der Waals surface area contributed by atoms with E-state index in [0.717, 1.165) is 5.56 Å². The van der Waals surface area contributed by atoms with Crippen LogP contribution in [0.3, 0.4) is 0 Å². The summed E-state index contributed by atoms with van der Waals surface area (Å²) in [6, 6.07) is 3.56. The smallest absolute Gasteiger partial charge is 0.249 e. The van der Waals surface area contributed by atoms with E-state index in [9.17, 15) is 0 Å². The average Bonchev–Trinajstić information content (AvgIpc) is 2.65. The predicted octanol–water partition coefficient (Wildman–Crippen LogP) is 1.45. The first kappa shape index (κ1) is 8.68. The fourth-order valence-corrected chi connectivity index (χ4v) is 1.04. The van der Waals surface area contributed by atoms with E-state index in [-0.39, 0.29) is 0 Å². The molecule has 5 nitrogen and oxygen atoms in total. The lowest BCUT2D eigenvalue weighted by molar-refractivity contribution is 0.398. The lowest BCUT2D eigenvalue weighted by Crippen LogP contribution is -1.87. The van der Waals surface area contributed by atoms with E-state index < -0.39 is 0 Å². The molecule has 0 saturated heterocycles. The summed E-state index contributed by atoms with van der Waals surface area (Å²) in [7, 11) is 1.57. The average molecular weight is 191 g/mol. The molecule has 0 amide bonds. The van der Waals surface area contributed by atoms with Crippen molar-refractivity contribution in [2.24, 2.45) is 0 Å². The number of hydrogen-bond donors (Lipinski definition) is 0. The van der Waals surface area contributed by atoms with Gasteiger partial charge < -0.3 is 9.15 Å². The Morgan fingerprint density at radius 2 is 2.14 bits per heavy atom. The molecule has 2 aromatic heterocycles. The first-order valence-corrected chi connectivity index (χ1v) is 4.10. The van der Waals surface area contributed by atoms with Gasteiger partial charge in [0.15, 0.2) is 0 Å². The molecule has 0 spiro atoms. The van der Waals surface area contributed by atoms with Crippen LogP contribution in [0.2, 0.25) is 0 Å². The predicted molar refractivity (Wildman–Crippen MR) is 48.8 cm³/mol. The molecule has 0 aromatic carbocycles. The van der Waals surface area contributed by atoms with Crippen LogP contribution in [0.15, 0.2) is 22.7 Å². The lowest BCUT2D eigenvalue weighted by Gasteiger charge is -1.97. The van der Waals surface area contributed by atoms with E-state index in [1.807, 2.05) is 6.07 Å². The van der Waals surface area contributed by atoms with Gasteiger partial charge in [0, 0.05) is 19.2 Å². The maximum atomic E-state index is 5.24. The summed E-state index contributed by atoms with van der Waals surface area (Å²) in [4.78, 5) is 4.03. The number of hydrogen-bond acceptors (Lipinski definition) is 5. The fraction of sp³-hybridized carbons (Fsp3) is 0.222. The number of aromatic nitrogens is 3. The summed E-state index contributed by atoms with van der Waals surface area (Å²) >= 11 is 0. The van der Waals surface area contributed by atoms with Crippen LogP contribution in [-0.4, -0.2) is 22.3 Å². The minimum absolute atomic E-state index is 0.470. The van der Waals surface area contributed by atoms with E-state index in [1.165, 1.54) is 0 Å². The Morgan fingerprint density at radius 1 is 1.29 bits per heavy atom. The number of pyridine rings is 1. The van der Waals surface area contributed by atoms with Gasteiger partial charge in [0.05, 0.1) is 12.7 Å². The normalized spacial score (nSPS) is 10.1. The Bertz CT molecular complexity index is 422. The molecule has 2 aromatic rings. The highest BCUT2D eigenvalue weighted by Gasteiger charge is 2.05. The Labute approximate surface area is 80.8 Å². The summed E-state index contributed by atoms with van der Waals surface area (Å²) in [5.74, 6) is 1.57. The zero-order chi connectivity index (χ0) is 9.97. The number of aryl methyl sites for hydroxylation is 1. The molecular weight excluding hydrogens is 182 g/mol. The van der Waals surface area contributed by atoms with Crippen LogP contribution in [-0.2, 0) is 0 Å². The third kappa shape index (κ3) is 1.56. The second kappa shape index (κ2) is 3.45. The number of ether oxygens (including phenoxy) is 1. The van der Waals surface area contributed by atoms with Gasteiger partial charge in [-0.05, 0) is 6.07 Å². The summed E-state index contributed by atoms with van der Waals surface area (Å²) in [6.45, 7) is 1.74. The maximum absolute atomic E-state index is 5.24. The molecule has 0 unspecified atom stereocenters. The van der Waals surface area contributed by atoms with Gasteiger partial charge in [0.1, 0.15) is 0 Å². The fourth-order valence-electron chi connectivity index (χ4n) is 1.04. The van der Waals surface area contributed by atoms with Crippen molar-refractivity contribution in [3.63, 3.8) is 0 Å². The van der Waals surface area contributed by atoms with E-state index in [0.29, 0.717) is 17.7 Å². The number of methoxy groups -OCH3 is 1. The van der Waals surface area contributed by atoms with Crippen molar-refractivity contribution in [1.82, 2.24) is 15.2 Å². The molecular formula is C9H9N3O2. The van der Waals surface area contributed by atoms with Gasteiger partial charge in [-0.3, -0.25) is 0 Å². The monoisotopic (exact) mass is 191 g/mol. The molecule has 0 aliphatic rings. The van der Waals surface area contributed by atoms with Gasteiger partial charge in [0.2, 0.25) is 17.7 Å². The van der Waals surface area contributed by atoms with E-state index >= 15 is 0 Å². The first-order valence-electron chi connectivity index (χ1n) is 4.10. The molecule has 0 N–H and O–H groups in total. The molecule has 0 aliphatic heterocycles. The Morgan fingerprint density at radius 3 is 2.64 bits per heavy atom. The molecule has 0 fully saturated rings. The largest absolute Gasteiger partial charge is 0.481 e.